The van der Waals surface area contributed by atoms with E-state index in [1.807, 2.05) is 0 Å². The summed E-state index contributed by atoms with van der Waals surface area (Å²) in [5, 5.41) is 0. The molecule has 0 fully saturated rings. The normalized spacial score (nSPS) is 29.1. The van der Waals surface area contributed by atoms with Gasteiger partial charge in [0.1, 0.15) is 6.10 Å². The van der Waals surface area contributed by atoms with Crippen LogP contribution < -0.4 is 0 Å². The van der Waals surface area contributed by atoms with Crippen molar-refractivity contribution in [3.8, 4) is 0 Å². The maximum atomic E-state index is 10.8. The monoisotopic (exact) mass is 214 g/mol. The Morgan fingerprint density at radius 2 is 1.80 bits per heavy atom. The van der Waals surface area contributed by atoms with Gasteiger partial charge in [-0.3, -0.25) is 9.59 Å². The molecule has 0 aromatic rings. The molecule has 0 unspecified atom stereocenters. The van der Waals surface area contributed by atoms with Crippen molar-refractivity contribution in [1.82, 2.24) is 0 Å². The molecule has 0 saturated heterocycles. The minimum atomic E-state index is -0.587. The van der Waals surface area contributed by atoms with Gasteiger partial charge in [-0.1, -0.05) is 0 Å². The highest BCUT2D eigenvalue weighted by molar-refractivity contribution is 5.67. The molecule has 84 valence electrons. The van der Waals surface area contributed by atoms with E-state index in [4.69, 9.17) is 14.2 Å². The summed E-state index contributed by atoms with van der Waals surface area (Å²) in [6, 6.07) is 0. The van der Waals surface area contributed by atoms with E-state index in [1.54, 1.807) is 13.0 Å². The van der Waals surface area contributed by atoms with Crippen molar-refractivity contribution in [1.29, 1.82) is 0 Å². The molecule has 5 nitrogen and oxygen atoms in total. The number of hydrogen-bond donors (Lipinski definition) is 0. The number of carbonyl (C=O) groups excluding carboxylic acids is 2. The van der Waals surface area contributed by atoms with Gasteiger partial charge in [0.15, 0.2) is 12.2 Å². The predicted octanol–water partition coefficient (Wildman–Crippen LogP) is 0.782. The molecule has 0 aliphatic carbocycles. The van der Waals surface area contributed by atoms with E-state index >= 15 is 0 Å². The number of rotatable bonds is 2. The van der Waals surface area contributed by atoms with E-state index in [0.29, 0.717) is 0 Å². The number of carbonyl (C=O) groups is 2. The van der Waals surface area contributed by atoms with Gasteiger partial charge in [0.25, 0.3) is 0 Å². The lowest BCUT2D eigenvalue weighted by Gasteiger charge is -2.31. The van der Waals surface area contributed by atoms with Crippen LogP contribution in [0.4, 0.5) is 0 Å². The predicted molar refractivity (Wildman–Crippen MR) is 50.8 cm³/mol. The van der Waals surface area contributed by atoms with Crippen LogP contribution in [0.25, 0.3) is 0 Å². The smallest absolute Gasteiger partial charge is 0.303 e. The second-order valence-electron chi connectivity index (χ2n) is 3.32. The maximum absolute atomic E-state index is 10.8. The standard InChI is InChI=1S/C10H14O5/c1-6-10(15-8(3)12)9(4-5-13-6)14-7(2)11/h4-6,9-10H,1-3H3/t6-,9+,10-/m1/s1. The second kappa shape index (κ2) is 4.82. The van der Waals surface area contributed by atoms with Gasteiger partial charge in [-0.05, 0) is 13.0 Å². The summed E-state index contributed by atoms with van der Waals surface area (Å²) >= 11 is 0. The Labute approximate surface area is 88.0 Å². The Balaban J connectivity index is 2.71. The molecule has 5 heteroatoms. The Morgan fingerprint density at radius 1 is 1.20 bits per heavy atom. The van der Waals surface area contributed by atoms with Crippen LogP contribution in [0.5, 0.6) is 0 Å². The van der Waals surface area contributed by atoms with E-state index in [2.05, 4.69) is 0 Å². The van der Waals surface area contributed by atoms with E-state index in [1.165, 1.54) is 20.1 Å². The van der Waals surface area contributed by atoms with Crippen LogP contribution >= 0.6 is 0 Å². The van der Waals surface area contributed by atoms with Crippen LogP contribution in [0.2, 0.25) is 0 Å². The lowest BCUT2D eigenvalue weighted by molar-refractivity contribution is -0.172. The highest BCUT2D eigenvalue weighted by Crippen LogP contribution is 2.18. The molecular formula is C10H14O5. The third-order valence-electron chi connectivity index (χ3n) is 1.95. The summed E-state index contributed by atoms with van der Waals surface area (Å²) < 4.78 is 15.2. The first-order chi connectivity index (χ1) is 7.00. The third-order valence-corrected chi connectivity index (χ3v) is 1.95. The fraction of sp³-hybridized carbons (Fsp3) is 0.600. The molecule has 0 radical (unpaired) electrons. The summed E-state index contributed by atoms with van der Waals surface area (Å²) in [4.78, 5) is 21.7. The first-order valence-corrected chi connectivity index (χ1v) is 4.67. The number of esters is 2. The zero-order valence-corrected chi connectivity index (χ0v) is 8.93. The zero-order valence-electron chi connectivity index (χ0n) is 8.93. The van der Waals surface area contributed by atoms with Crippen molar-refractivity contribution < 1.29 is 23.8 Å². The lowest BCUT2D eigenvalue weighted by atomic mass is 10.1. The van der Waals surface area contributed by atoms with Crippen LogP contribution in [0.1, 0.15) is 20.8 Å². The average molecular weight is 214 g/mol. The van der Waals surface area contributed by atoms with Gasteiger partial charge >= 0.3 is 11.9 Å². The molecule has 1 aliphatic rings. The van der Waals surface area contributed by atoms with E-state index in [-0.39, 0.29) is 6.10 Å². The summed E-state index contributed by atoms with van der Waals surface area (Å²) in [6.07, 6.45) is 1.50. The van der Waals surface area contributed by atoms with Gasteiger partial charge in [-0.15, -0.1) is 0 Å². The van der Waals surface area contributed by atoms with E-state index in [9.17, 15) is 9.59 Å². The quantitative estimate of drug-likeness (QED) is 0.636. The van der Waals surface area contributed by atoms with Crippen LogP contribution in [0.15, 0.2) is 12.3 Å². The van der Waals surface area contributed by atoms with E-state index in [0.717, 1.165) is 0 Å². The SMILES string of the molecule is CC(=O)O[C@H]1[C@@H](OC(C)=O)C=CO[C@@H]1C. The highest BCUT2D eigenvalue weighted by Gasteiger charge is 2.34. The second-order valence-corrected chi connectivity index (χ2v) is 3.32. The molecule has 15 heavy (non-hydrogen) atoms. The molecule has 0 amide bonds. The van der Waals surface area contributed by atoms with Crippen molar-refractivity contribution in [3.05, 3.63) is 12.3 Å². The van der Waals surface area contributed by atoms with Gasteiger partial charge in [0.05, 0.1) is 6.26 Å². The number of hydrogen-bond acceptors (Lipinski definition) is 5. The first-order valence-electron chi connectivity index (χ1n) is 4.67. The van der Waals surface area contributed by atoms with Crippen molar-refractivity contribution in [3.63, 3.8) is 0 Å². The van der Waals surface area contributed by atoms with Crippen molar-refractivity contribution in [2.75, 3.05) is 0 Å². The Bertz CT molecular complexity index is 284. The molecule has 1 rings (SSSR count). The van der Waals surface area contributed by atoms with Gasteiger partial charge < -0.3 is 14.2 Å². The molecule has 0 N–H and O–H groups in total. The zero-order chi connectivity index (χ0) is 11.4. The number of ether oxygens (including phenoxy) is 3. The van der Waals surface area contributed by atoms with Crippen LogP contribution in [0.3, 0.4) is 0 Å². The minimum absolute atomic E-state index is 0.330. The van der Waals surface area contributed by atoms with Gasteiger partial charge in [0.2, 0.25) is 0 Å². The molecule has 0 aromatic carbocycles. The fourth-order valence-corrected chi connectivity index (χ4v) is 1.35. The van der Waals surface area contributed by atoms with Crippen molar-refractivity contribution >= 4 is 11.9 Å². The first kappa shape index (κ1) is 11.6. The van der Waals surface area contributed by atoms with Crippen LogP contribution in [-0.2, 0) is 23.8 Å². The lowest BCUT2D eigenvalue weighted by Crippen LogP contribution is -2.43. The third kappa shape index (κ3) is 3.27. The maximum Gasteiger partial charge on any atom is 0.303 e. The molecule has 1 aliphatic heterocycles. The highest BCUT2D eigenvalue weighted by atomic mass is 16.6. The molecule has 1 heterocycles. The van der Waals surface area contributed by atoms with Gasteiger partial charge in [-0.2, -0.15) is 0 Å². The van der Waals surface area contributed by atoms with Crippen molar-refractivity contribution in [2.45, 2.75) is 39.1 Å². The molecule has 0 saturated carbocycles. The molecule has 3 atom stereocenters. The summed E-state index contributed by atoms with van der Waals surface area (Å²) in [5.41, 5.74) is 0. The Kier molecular flexibility index (Phi) is 3.71. The summed E-state index contributed by atoms with van der Waals surface area (Å²) in [6.45, 7) is 4.35. The molecule has 0 aromatic heterocycles. The average Bonchev–Trinajstić information content (AvgIpc) is 2.09. The summed E-state index contributed by atoms with van der Waals surface area (Å²) in [5.74, 6) is -0.848. The molecular weight excluding hydrogens is 200 g/mol. The van der Waals surface area contributed by atoms with Crippen LogP contribution in [0, 0.1) is 0 Å². The Hall–Kier alpha value is -1.52. The van der Waals surface area contributed by atoms with Gasteiger partial charge in [0, 0.05) is 13.8 Å². The minimum Gasteiger partial charge on any atom is -0.494 e. The van der Waals surface area contributed by atoms with Gasteiger partial charge in [-0.25, -0.2) is 0 Å². The fourth-order valence-electron chi connectivity index (χ4n) is 1.35. The van der Waals surface area contributed by atoms with E-state index < -0.39 is 24.1 Å². The Morgan fingerprint density at radius 3 is 2.33 bits per heavy atom. The molecule has 0 bridgehead atoms. The van der Waals surface area contributed by atoms with Crippen LogP contribution in [-0.4, -0.2) is 30.3 Å². The largest absolute Gasteiger partial charge is 0.494 e. The molecule has 0 spiro atoms. The van der Waals surface area contributed by atoms with Crippen molar-refractivity contribution in [2.24, 2.45) is 0 Å². The summed E-state index contributed by atoms with van der Waals surface area (Å²) in [7, 11) is 0. The topological polar surface area (TPSA) is 61.8 Å².